The van der Waals surface area contributed by atoms with E-state index >= 15 is 0 Å². The molecule has 5 nitrogen and oxygen atoms in total. The fourth-order valence-corrected chi connectivity index (χ4v) is 3.90. The molecule has 1 aliphatic rings. The second-order valence-corrected chi connectivity index (χ2v) is 10.3. The van der Waals surface area contributed by atoms with Crippen molar-refractivity contribution in [3.8, 4) is 0 Å². The van der Waals surface area contributed by atoms with Crippen LogP contribution in [0.15, 0.2) is 42.5 Å². The van der Waals surface area contributed by atoms with Gasteiger partial charge in [-0.05, 0) is 61.7 Å². The third-order valence-electron chi connectivity index (χ3n) is 5.42. The molecule has 0 bridgehead atoms. The molecule has 2 aromatic carbocycles. The number of carbonyl (C=O) groups excluding carboxylic acids is 2. The van der Waals surface area contributed by atoms with E-state index in [2.05, 4.69) is 4.90 Å². The van der Waals surface area contributed by atoms with E-state index in [1.807, 2.05) is 42.5 Å². The van der Waals surface area contributed by atoms with E-state index in [0.29, 0.717) is 30.9 Å². The topological polar surface area (TPSA) is 55.8 Å². The highest BCUT2D eigenvalue weighted by atomic mass is 35.6. The van der Waals surface area contributed by atoms with E-state index in [-0.39, 0.29) is 18.5 Å². The van der Waals surface area contributed by atoms with Crippen LogP contribution in [0.2, 0.25) is 0 Å². The van der Waals surface area contributed by atoms with Crippen LogP contribution >= 0.6 is 34.8 Å². The lowest BCUT2D eigenvalue weighted by Gasteiger charge is -2.31. The molecule has 0 saturated carbocycles. The maximum Gasteiger partial charge on any atom is 0.338 e. The molecule has 1 saturated heterocycles. The zero-order chi connectivity index (χ0) is 22.3. The molecule has 0 aliphatic carbocycles. The highest BCUT2D eigenvalue weighted by Gasteiger charge is 2.23. The van der Waals surface area contributed by atoms with Crippen LogP contribution in [0.25, 0.3) is 10.8 Å². The van der Waals surface area contributed by atoms with Crippen molar-refractivity contribution < 1.29 is 19.1 Å². The van der Waals surface area contributed by atoms with Gasteiger partial charge in [-0.15, -0.1) is 0 Å². The highest BCUT2D eigenvalue weighted by molar-refractivity contribution is 6.67. The number of likely N-dealkylation sites (tertiary alicyclic amines) is 1. The molecule has 1 fully saturated rings. The van der Waals surface area contributed by atoms with Crippen molar-refractivity contribution in [2.75, 3.05) is 32.8 Å². The summed E-state index contributed by atoms with van der Waals surface area (Å²) in [4.78, 5) is 26.6. The number of piperidine rings is 1. The molecule has 0 atom stereocenters. The lowest BCUT2D eigenvalue weighted by molar-refractivity contribution is -0.143. The molecule has 0 radical (unpaired) electrons. The summed E-state index contributed by atoms with van der Waals surface area (Å²) in [5.74, 6) is -0.279. The molecule has 1 aliphatic heterocycles. The molecule has 0 amide bonds. The Morgan fingerprint density at radius 2 is 1.71 bits per heavy atom. The minimum absolute atomic E-state index is 0.237. The first kappa shape index (κ1) is 24.1. The highest BCUT2D eigenvalue weighted by Crippen LogP contribution is 2.26. The smallest absolute Gasteiger partial charge is 0.338 e. The van der Waals surface area contributed by atoms with E-state index < -0.39 is 3.79 Å². The van der Waals surface area contributed by atoms with Gasteiger partial charge in [-0.2, -0.15) is 0 Å². The lowest BCUT2D eigenvalue weighted by Crippen LogP contribution is -2.36. The van der Waals surface area contributed by atoms with Gasteiger partial charge in [-0.3, -0.25) is 4.79 Å². The van der Waals surface area contributed by atoms with E-state index in [1.54, 1.807) is 0 Å². The number of benzene rings is 2. The van der Waals surface area contributed by atoms with Gasteiger partial charge in [-0.1, -0.05) is 71.2 Å². The number of nitrogens with zero attached hydrogens (tertiary/aromatic N) is 1. The van der Waals surface area contributed by atoms with Crippen LogP contribution in [-0.2, 0) is 14.3 Å². The van der Waals surface area contributed by atoms with E-state index in [9.17, 15) is 9.59 Å². The predicted octanol–water partition coefficient (Wildman–Crippen LogP) is 5.40. The number of halogens is 3. The van der Waals surface area contributed by atoms with Gasteiger partial charge in [-0.25, -0.2) is 4.79 Å². The van der Waals surface area contributed by atoms with Gasteiger partial charge in [0, 0.05) is 6.42 Å². The maximum absolute atomic E-state index is 12.6. The zero-order valence-electron chi connectivity index (χ0n) is 17.2. The SMILES string of the molecule is O=C(CCCN1CCC(COC(=O)c2cccc3ccccc23)CC1)OCC(Cl)(Cl)Cl. The van der Waals surface area contributed by atoms with Crippen molar-refractivity contribution >= 4 is 57.5 Å². The van der Waals surface area contributed by atoms with Gasteiger partial charge in [0.15, 0.2) is 0 Å². The molecule has 0 unspecified atom stereocenters. The van der Waals surface area contributed by atoms with Crippen LogP contribution in [0.1, 0.15) is 36.0 Å². The molecule has 0 aromatic heterocycles. The second-order valence-electron chi connectivity index (χ2n) is 7.79. The Balaban J connectivity index is 1.35. The Morgan fingerprint density at radius 1 is 1.00 bits per heavy atom. The first-order chi connectivity index (χ1) is 14.8. The monoisotopic (exact) mass is 485 g/mol. The number of fused-ring (bicyclic) bond motifs is 1. The summed E-state index contributed by atoms with van der Waals surface area (Å²) in [7, 11) is 0. The summed E-state index contributed by atoms with van der Waals surface area (Å²) in [6, 6.07) is 13.5. The van der Waals surface area contributed by atoms with Gasteiger partial charge >= 0.3 is 11.9 Å². The summed E-state index contributed by atoms with van der Waals surface area (Å²) in [6.45, 7) is 2.84. The zero-order valence-corrected chi connectivity index (χ0v) is 19.5. The largest absolute Gasteiger partial charge is 0.462 e. The van der Waals surface area contributed by atoms with Crippen molar-refractivity contribution in [2.45, 2.75) is 29.5 Å². The Hall–Kier alpha value is -1.53. The van der Waals surface area contributed by atoms with Gasteiger partial charge in [0.05, 0.1) is 12.2 Å². The Morgan fingerprint density at radius 3 is 2.45 bits per heavy atom. The Bertz CT molecular complexity index is 887. The van der Waals surface area contributed by atoms with Crippen LogP contribution in [0.4, 0.5) is 0 Å². The Labute approximate surface area is 197 Å². The van der Waals surface area contributed by atoms with Gasteiger partial charge < -0.3 is 14.4 Å². The average Bonchev–Trinajstić information content (AvgIpc) is 2.76. The molecule has 2 aromatic rings. The number of rotatable bonds is 8. The summed E-state index contributed by atoms with van der Waals surface area (Å²) >= 11 is 16.7. The van der Waals surface area contributed by atoms with Crippen LogP contribution in [0, 0.1) is 5.92 Å². The Kier molecular flexibility index (Phi) is 8.85. The quantitative estimate of drug-likeness (QED) is 0.369. The number of hydrogen-bond acceptors (Lipinski definition) is 5. The fraction of sp³-hybridized carbons (Fsp3) is 0.478. The van der Waals surface area contributed by atoms with Crippen molar-refractivity contribution in [3.05, 3.63) is 48.0 Å². The summed E-state index contributed by atoms with van der Waals surface area (Å²) in [6.07, 6.45) is 2.91. The minimum atomic E-state index is -1.57. The lowest BCUT2D eigenvalue weighted by atomic mass is 9.97. The van der Waals surface area contributed by atoms with Crippen LogP contribution in [0.3, 0.4) is 0 Å². The van der Waals surface area contributed by atoms with Gasteiger partial charge in [0.2, 0.25) is 3.79 Å². The van der Waals surface area contributed by atoms with Crippen molar-refractivity contribution in [1.29, 1.82) is 0 Å². The van der Waals surface area contributed by atoms with Crippen LogP contribution in [-0.4, -0.2) is 53.5 Å². The maximum atomic E-state index is 12.6. The molecule has 0 spiro atoms. The predicted molar refractivity (Wildman–Crippen MR) is 124 cm³/mol. The number of alkyl halides is 3. The number of esters is 2. The number of hydrogen-bond donors (Lipinski definition) is 0. The molecular formula is C23H26Cl3NO4. The van der Waals surface area contributed by atoms with Crippen molar-refractivity contribution in [1.82, 2.24) is 4.90 Å². The van der Waals surface area contributed by atoms with Crippen LogP contribution < -0.4 is 0 Å². The summed E-state index contributed by atoms with van der Waals surface area (Å²) in [5, 5.41) is 1.94. The van der Waals surface area contributed by atoms with Crippen LogP contribution in [0.5, 0.6) is 0 Å². The van der Waals surface area contributed by atoms with Crippen molar-refractivity contribution in [2.24, 2.45) is 5.92 Å². The summed E-state index contributed by atoms with van der Waals surface area (Å²) in [5.41, 5.74) is 0.608. The fourth-order valence-electron chi connectivity index (χ4n) is 3.73. The second kappa shape index (κ2) is 11.4. The average molecular weight is 487 g/mol. The van der Waals surface area contributed by atoms with Gasteiger partial charge in [0.1, 0.15) is 6.61 Å². The minimum Gasteiger partial charge on any atom is -0.462 e. The molecule has 1 heterocycles. The molecule has 168 valence electrons. The molecule has 0 N–H and O–H groups in total. The third-order valence-corrected chi connectivity index (χ3v) is 5.75. The van der Waals surface area contributed by atoms with Gasteiger partial charge in [0.25, 0.3) is 0 Å². The standard InChI is InChI=1S/C23H26Cl3NO4/c24-23(25,26)16-31-21(28)9-4-12-27-13-10-17(11-14-27)15-30-22(29)20-8-3-6-18-5-1-2-7-19(18)20/h1-3,5-8,17H,4,9-16H2. The normalized spacial score (nSPS) is 15.7. The van der Waals surface area contributed by atoms with E-state index in [4.69, 9.17) is 44.3 Å². The first-order valence-corrected chi connectivity index (χ1v) is 11.5. The molecule has 31 heavy (non-hydrogen) atoms. The number of ether oxygens (including phenoxy) is 2. The van der Waals surface area contributed by atoms with E-state index in [1.165, 1.54) is 0 Å². The molecule has 3 rings (SSSR count). The summed E-state index contributed by atoms with van der Waals surface area (Å²) < 4.78 is 8.98. The third kappa shape index (κ3) is 7.83. The molecule has 8 heteroatoms. The van der Waals surface area contributed by atoms with E-state index in [0.717, 1.165) is 43.2 Å². The molecular weight excluding hydrogens is 461 g/mol. The number of carbonyl (C=O) groups is 2. The van der Waals surface area contributed by atoms with Crippen molar-refractivity contribution in [3.63, 3.8) is 0 Å². The first-order valence-electron chi connectivity index (χ1n) is 10.4.